The molecule has 0 radical (unpaired) electrons. The Hall–Kier alpha value is -2.38. The molecule has 1 aromatic heterocycles. The second-order valence-corrected chi connectivity index (χ2v) is 8.82. The molecule has 4 heterocycles. The van der Waals surface area contributed by atoms with Crippen LogP contribution in [0.3, 0.4) is 0 Å². The number of furan rings is 1. The molecule has 1 amide bonds. The summed E-state index contributed by atoms with van der Waals surface area (Å²) in [6, 6.07) is 10.6. The predicted octanol–water partition coefficient (Wildman–Crippen LogP) is 2.58. The molecule has 0 saturated carbocycles. The Morgan fingerprint density at radius 3 is 2.33 bits per heavy atom. The number of anilines is 1. The molecule has 1 aromatic carbocycles. The summed E-state index contributed by atoms with van der Waals surface area (Å²) in [6.45, 7) is 3.27. The largest absolute Gasteiger partial charge is 0.466 e. The normalized spacial score (nSPS) is 29.4. The maximum absolute atomic E-state index is 13.1. The van der Waals surface area contributed by atoms with Crippen LogP contribution in [0.25, 0.3) is 0 Å². The van der Waals surface area contributed by atoms with Gasteiger partial charge in [-0.15, -0.1) is 0 Å². The van der Waals surface area contributed by atoms with Gasteiger partial charge in [-0.1, -0.05) is 0 Å². The van der Waals surface area contributed by atoms with E-state index in [0.29, 0.717) is 38.2 Å². The summed E-state index contributed by atoms with van der Waals surface area (Å²) in [5.41, 5.74) is 0.0742. The lowest BCUT2D eigenvalue weighted by atomic mass is 9.84. The fraction of sp³-hybridized carbons (Fsp3) is 0.522. The van der Waals surface area contributed by atoms with E-state index in [4.69, 9.17) is 4.42 Å². The molecule has 160 valence electrons. The van der Waals surface area contributed by atoms with Crippen LogP contribution >= 0.6 is 0 Å². The van der Waals surface area contributed by atoms with Gasteiger partial charge in [0.2, 0.25) is 5.91 Å². The van der Waals surface area contributed by atoms with Gasteiger partial charge in [-0.2, -0.15) is 0 Å². The molecule has 3 aliphatic heterocycles. The number of halogens is 1. The lowest BCUT2D eigenvalue weighted by molar-refractivity contribution is -0.136. The lowest BCUT2D eigenvalue weighted by Crippen LogP contribution is -2.55. The fourth-order valence-corrected chi connectivity index (χ4v) is 5.44. The van der Waals surface area contributed by atoms with Crippen LogP contribution in [-0.4, -0.2) is 65.6 Å². The second-order valence-electron chi connectivity index (χ2n) is 8.82. The molecule has 2 atom stereocenters. The van der Waals surface area contributed by atoms with Crippen molar-refractivity contribution >= 4 is 11.6 Å². The van der Waals surface area contributed by atoms with Gasteiger partial charge in [0.05, 0.1) is 12.8 Å². The smallest absolute Gasteiger partial charge is 0.236 e. The van der Waals surface area contributed by atoms with Gasteiger partial charge in [-0.05, 0) is 62.1 Å². The maximum atomic E-state index is 13.1. The molecule has 3 aliphatic rings. The van der Waals surface area contributed by atoms with E-state index in [1.807, 2.05) is 17.0 Å². The van der Waals surface area contributed by atoms with E-state index in [1.54, 1.807) is 18.4 Å². The van der Waals surface area contributed by atoms with E-state index in [2.05, 4.69) is 9.80 Å². The number of carbonyl (C=O) groups excluding carboxylic acids is 1. The van der Waals surface area contributed by atoms with Gasteiger partial charge in [-0.25, -0.2) is 4.39 Å². The first-order valence-electron chi connectivity index (χ1n) is 10.8. The van der Waals surface area contributed by atoms with Gasteiger partial charge in [0.25, 0.3) is 0 Å². The van der Waals surface area contributed by atoms with Gasteiger partial charge >= 0.3 is 0 Å². The molecule has 7 heteroatoms. The van der Waals surface area contributed by atoms with Gasteiger partial charge in [-0.3, -0.25) is 9.69 Å². The van der Waals surface area contributed by atoms with Gasteiger partial charge in [0, 0.05) is 44.0 Å². The maximum Gasteiger partial charge on any atom is 0.236 e. The first-order chi connectivity index (χ1) is 14.5. The quantitative estimate of drug-likeness (QED) is 0.835. The SMILES string of the molecule is O=C(CN1C2CCC1CC(O)(c1ccco1)C2)N1CCN(c2ccc(F)cc2)CC1. The first kappa shape index (κ1) is 19.6. The van der Waals surface area contributed by atoms with Crippen LogP contribution in [-0.2, 0) is 10.4 Å². The molecular formula is C23H28FN3O3. The molecule has 3 saturated heterocycles. The number of carbonyl (C=O) groups is 1. The van der Waals surface area contributed by atoms with Crippen LogP contribution in [0.5, 0.6) is 0 Å². The molecular weight excluding hydrogens is 385 g/mol. The highest BCUT2D eigenvalue weighted by Gasteiger charge is 2.50. The third-order valence-electron chi connectivity index (χ3n) is 7.04. The van der Waals surface area contributed by atoms with Crippen molar-refractivity contribution in [2.24, 2.45) is 0 Å². The Morgan fingerprint density at radius 1 is 1.07 bits per heavy atom. The van der Waals surface area contributed by atoms with E-state index in [1.165, 1.54) is 12.1 Å². The van der Waals surface area contributed by atoms with Crippen LogP contribution < -0.4 is 4.90 Å². The number of piperazine rings is 1. The number of fused-ring (bicyclic) bond motifs is 2. The summed E-state index contributed by atoms with van der Waals surface area (Å²) in [5, 5.41) is 11.1. The Bertz CT molecular complexity index is 864. The molecule has 2 aromatic rings. The van der Waals surface area contributed by atoms with E-state index >= 15 is 0 Å². The summed E-state index contributed by atoms with van der Waals surface area (Å²) in [6.07, 6.45) is 4.86. The van der Waals surface area contributed by atoms with Crippen molar-refractivity contribution in [3.8, 4) is 0 Å². The van der Waals surface area contributed by atoms with E-state index in [-0.39, 0.29) is 23.8 Å². The molecule has 5 rings (SSSR count). The van der Waals surface area contributed by atoms with Crippen LogP contribution in [0.15, 0.2) is 47.1 Å². The summed E-state index contributed by atoms with van der Waals surface area (Å²) < 4.78 is 18.6. The number of hydrogen-bond acceptors (Lipinski definition) is 5. The second kappa shape index (κ2) is 7.71. The number of piperidine rings is 1. The highest BCUT2D eigenvalue weighted by atomic mass is 19.1. The van der Waals surface area contributed by atoms with Crippen LogP contribution in [0.2, 0.25) is 0 Å². The zero-order chi connectivity index (χ0) is 20.7. The predicted molar refractivity (Wildman–Crippen MR) is 111 cm³/mol. The van der Waals surface area contributed by atoms with Crippen molar-refractivity contribution in [2.45, 2.75) is 43.4 Å². The topological polar surface area (TPSA) is 60.2 Å². The summed E-state index contributed by atoms with van der Waals surface area (Å²) in [7, 11) is 0. The molecule has 0 spiro atoms. The molecule has 2 unspecified atom stereocenters. The molecule has 3 fully saturated rings. The van der Waals surface area contributed by atoms with Crippen molar-refractivity contribution < 1.29 is 18.7 Å². The van der Waals surface area contributed by atoms with Crippen LogP contribution in [0, 0.1) is 5.82 Å². The lowest BCUT2D eigenvalue weighted by Gasteiger charge is -2.43. The van der Waals surface area contributed by atoms with Crippen molar-refractivity contribution in [3.05, 3.63) is 54.2 Å². The third-order valence-corrected chi connectivity index (χ3v) is 7.04. The monoisotopic (exact) mass is 413 g/mol. The first-order valence-corrected chi connectivity index (χ1v) is 10.8. The van der Waals surface area contributed by atoms with Gasteiger partial charge < -0.3 is 19.3 Å². The molecule has 30 heavy (non-hydrogen) atoms. The van der Waals surface area contributed by atoms with Crippen LogP contribution in [0.1, 0.15) is 31.4 Å². The van der Waals surface area contributed by atoms with Crippen molar-refractivity contribution in [1.29, 1.82) is 0 Å². The van der Waals surface area contributed by atoms with Crippen LogP contribution in [0.4, 0.5) is 10.1 Å². The van der Waals surface area contributed by atoms with E-state index in [0.717, 1.165) is 31.6 Å². The Balaban J connectivity index is 1.17. The average molecular weight is 413 g/mol. The molecule has 0 aliphatic carbocycles. The molecule has 1 N–H and O–H groups in total. The standard InChI is InChI=1S/C23H28FN3O3/c24-17-3-5-18(6-4-17)25-9-11-26(12-10-25)22(28)16-27-19-7-8-20(27)15-23(29,14-19)21-2-1-13-30-21/h1-6,13,19-20,29H,7-12,14-16H2. The minimum atomic E-state index is -0.921. The number of nitrogens with zero attached hydrogens (tertiary/aromatic N) is 3. The van der Waals surface area contributed by atoms with Crippen molar-refractivity contribution in [1.82, 2.24) is 9.80 Å². The Labute approximate surface area is 175 Å². The number of benzene rings is 1. The molecule has 6 nitrogen and oxygen atoms in total. The Kier molecular flexibility index (Phi) is 5.03. The minimum Gasteiger partial charge on any atom is -0.466 e. The highest BCUT2D eigenvalue weighted by molar-refractivity contribution is 5.78. The van der Waals surface area contributed by atoms with Gasteiger partial charge in [0.15, 0.2) is 0 Å². The summed E-state index contributed by atoms with van der Waals surface area (Å²) in [5.74, 6) is 0.569. The summed E-state index contributed by atoms with van der Waals surface area (Å²) >= 11 is 0. The van der Waals surface area contributed by atoms with Crippen molar-refractivity contribution in [3.63, 3.8) is 0 Å². The van der Waals surface area contributed by atoms with E-state index in [9.17, 15) is 14.3 Å². The number of rotatable bonds is 4. The summed E-state index contributed by atoms with van der Waals surface area (Å²) in [4.78, 5) is 19.4. The minimum absolute atomic E-state index is 0.161. The molecule has 2 bridgehead atoms. The third kappa shape index (κ3) is 3.61. The van der Waals surface area contributed by atoms with E-state index < -0.39 is 5.60 Å². The van der Waals surface area contributed by atoms with Gasteiger partial charge in [0.1, 0.15) is 17.2 Å². The van der Waals surface area contributed by atoms with Crippen molar-refractivity contribution in [2.75, 3.05) is 37.6 Å². The Morgan fingerprint density at radius 2 is 1.73 bits per heavy atom. The number of aliphatic hydroxyl groups is 1. The fourth-order valence-electron chi connectivity index (χ4n) is 5.44. The highest BCUT2D eigenvalue weighted by Crippen LogP contribution is 2.45. The number of amides is 1. The zero-order valence-corrected chi connectivity index (χ0v) is 17.0. The zero-order valence-electron chi connectivity index (χ0n) is 17.0. The average Bonchev–Trinajstić information content (AvgIpc) is 3.37. The number of hydrogen-bond donors (Lipinski definition) is 1.